The molecule has 3 aromatic rings. The van der Waals surface area contributed by atoms with Crippen molar-refractivity contribution in [3.8, 4) is 0 Å². The van der Waals surface area contributed by atoms with Gasteiger partial charge in [-0.15, -0.1) is 0 Å². The first-order valence-electron chi connectivity index (χ1n) is 7.32. The van der Waals surface area contributed by atoms with Gasteiger partial charge in [0, 0.05) is 12.2 Å². The Kier molecular flexibility index (Phi) is 3.71. The molecule has 2 N–H and O–H groups in total. The summed E-state index contributed by atoms with van der Waals surface area (Å²) in [5, 5.41) is 0. The van der Waals surface area contributed by atoms with Crippen LogP contribution in [0.5, 0.6) is 0 Å². The summed E-state index contributed by atoms with van der Waals surface area (Å²) in [4.78, 5) is 9.18. The van der Waals surface area contributed by atoms with Crippen molar-refractivity contribution in [2.24, 2.45) is 5.73 Å². The molecular formula is C17H20N4. The quantitative estimate of drug-likeness (QED) is 0.799. The lowest BCUT2D eigenvalue weighted by Gasteiger charge is -2.26. The van der Waals surface area contributed by atoms with Crippen LogP contribution in [-0.4, -0.2) is 20.6 Å². The minimum absolute atomic E-state index is 0.00333. The van der Waals surface area contributed by atoms with Gasteiger partial charge in [-0.25, -0.2) is 4.98 Å². The zero-order chi connectivity index (χ0) is 14.8. The van der Waals surface area contributed by atoms with E-state index in [9.17, 15) is 0 Å². The summed E-state index contributed by atoms with van der Waals surface area (Å²) in [5.74, 6) is 0.968. The summed E-state index contributed by atoms with van der Waals surface area (Å²) in [6, 6.07) is 14.1. The van der Waals surface area contributed by atoms with Crippen LogP contribution in [0.2, 0.25) is 0 Å². The van der Waals surface area contributed by atoms with Gasteiger partial charge >= 0.3 is 0 Å². The van der Waals surface area contributed by atoms with E-state index in [1.54, 1.807) is 0 Å². The molecule has 2 heterocycles. The Hall–Kier alpha value is -2.20. The third-order valence-electron chi connectivity index (χ3n) is 3.92. The number of rotatable bonds is 4. The zero-order valence-corrected chi connectivity index (χ0v) is 12.4. The number of nitrogens with zero attached hydrogens (tertiary/aromatic N) is 3. The van der Waals surface area contributed by atoms with E-state index in [0.29, 0.717) is 0 Å². The Morgan fingerprint density at radius 1 is 1.14 bits per heavy atom. The average Bonchev–Trinajstić information content (AvgIpc) is 2.85. The third kappa shape index (κ3) is 2.43. The SMILES string of the molecule is CCC(N)C(c1ccccn1)n1c(C)nc2ccccc21. The van der Waals surface area contributed by atoms with Crippen molar-refractivity contribution >= 4 is 11.0 Å². The number of hydrogen-bond acceptors (Lipinski definition) is 3. The predicted octanol–water partition coefficient (Wildman–Crippen LogP) is 3.07. The summed E-state index contributed by atoms with van der Waals surface area (Å²) < 4.78 is 2.21. The van der Waals surface area contributed by atoms with Crippen LogP contribution >= 0.6 is 0 Å². The zero-order valence-electron chi connectivity index (χ0n) is 12.4. The normalized spacial score (nSPS) is 14.2. The summed E-state index contributed by atoms with van der Waals surface area (Å²) in [6.45, 7) is 4.13. The van der Waals surface area contributed by atoms with Gasteiger partial charge in [0.1, 0.15) is 5.82 Å². The number of fused-ring (bicyclic) bond motifs is 1. The molecule has 2 aromatic heterocycles. The van der Waals surface area contributed by atoms with Crippen molar-refractivity contribution in [2.45, 2.75) is 32.4 Å². The van der Waals surface area contributed by atoms with Crippen LogP contribution in [0.15, 0.2) is 48.7 Å². The number of hydrogen-bond donors (Lipinski definition) is 1. The van der Waals surface area contributed by atoms with E-state index < -0.39 is 0 Å². The molecule has 1 aromatic carbocycles. The maximum Gasteiger partial charge on any atom is 0.107 e. The van der Waals surface area contributed by atoms with E-state index >= 15 is 0 Å². The molecule has 0 saturated carbocycles. The number of pyridine rings is 1. The lowest BCUT2D eigenvalue weighted by Crippen LogP contribution is -2.33. The Morgan fingerprint density at radius 2 is 1.90 bits per heavy atom. The summed E-state index contributed by atoms with van der Waals surface area (Å²) >= 11 is 0. The summed E-state index contributed by atoms with van der Waals surface area (Å²) in [5.41, 5.74) is 9.50. The van der Waals surface area contributed by atoms with E-state index in [-0.39, 0.29) is 12.1 Å². The molecular weight excluding hydrogens is 260 g/mol. The van der Waals surface area contributed by atoms with E-state index in [4.69, 9.17) is 5.73 Å². The van der Waals surface area contributed by atoms with Gasteiger partial charge in [0.2, 0.25) is 0 Å². The molecule has 0 spiro atoms. The first kappa shape index (κ1) is 13.8. The molecule has 4 heteroatoms. The maximum atomic E-state index is 6.41. The fourth-order valence-electron chi connectivity index (χ4n) is 2.83. The number of imidazole rings is 1. The van der Waals surface area contributed by atoms with E-state index in [1.165, 1.54) is 0 Å². The van der Waals surface area contributed by atoms with Crippen molar-refractivity contribution in [1.82, 2.24) is 14.5 Å². The van der Waals surface area contributed by atoms with E-state index in [1.807, 2.05) is 49.5 Å². The van der Waals surface area contributed by atoms with Crippen LogP contribution in [0.1, 0.15) is 30.9 Å². The highest BCUT2D eigenvalue weighted by Gasteiger charge is 2.25. The molecule has 0 aliphatic carbocycles. The molecule has 0 saturated heterocycles. The molecule has 0 radical (unpaired) electrons. The fraction of sp³-hybridized carbons (Fsp3) is 0.294. The molecule has 0 bridgehead atoms. The van der Waals surface area contributed by atoms with Crippen molar-refractivity contribution in [3.63, 3.8) is 0 Å². The number of para-hydroxylation sites is 2. The van der Waals surface area contributed by atoms with Crippen LogP contribution in [0.25, 0.3) is 11.0 Å². The van der Waals surface area contributed by atoms with Crippen LogP contribution in [0.3, 0.4) is 0 Å². The molecule has 0 aliphatic rings. The van der Waals surface area contributed by atoms with Crippen LogP contribution in [0.4, 0.5) is 0 Å². The van der Waals surface area contributed by atoms with Gasteiger partial charge in [-0.05, 0) is 37.6 Å². The minimum atomic E-state index is -0.00351. The van der Waals surface area contributed by atoms with Gasteiger partial charge in [-0.1, -0.05) is 25.1 Å². The van der Waals surface area contributed by atoms with Gasteiger partial charge in [-0.2, -0.15) is 0 Å². The molecule has 4 nitrogen and oxygen atoms in total. The van der Waals surface area contributed by atoms with Gasteiger partial charge in [0.25, 0.3) is 0 Å². The highest BCUT2D eigenvalue weighted by molar-refractivity contribution is 5.76. The largest absolute Gasteiger partial charge is 0.326 e. The monoisotopic (exact) mass is 280 g/mol. The molecule has 0 fully saturated rings. The van der Waals surface area contributed by atoms with E-state index in [2.05, 4.69) is 27.5 Å². The standard InChI is InChI=1S/C17H20N4/c1-3-13(18)17(15-9-6-7-11-19-15)21-12(2)20-14-8-4-5-10-16(14)21/h4-11,13,17H,3,18H2,1-2H3. The molecule has 2 unspecified atom stereocenters. The Balaban J connectivity index is 2.22. The Labute approximate surface area is 124 Å². The average molecular weight is 280 g/mol. The summed E-state index contributed by atoms with van der Waals surface area (Å²) in [7, 11) is 0. The number of nitrogens with two attached hydrogens (primary N) is 1. The van der Waals surface area contributed by atoms with Crippen LogP contribution in [-0.2, 0) is 0 Å². The van der Waals surface area contributed by atoms with Crippen molar-refractivity contribution in [3.05, 3.63) is 60.2 Å². The van der Waals surface area contributed by atoms with Gasteiger partial charge in [-0.3, -0.25) is 4.98 Å². The first-order valence-corrected chi connectivity index (χ1v) is 7.32. The smallest absolute Gasteiger partial charge is 0.107 e. The summed E-state index contributed by atoms with van der Waals surface area (Å²) in [6.07, 6.45) is 2.70. The van der Waals surface area contributed by atoms with Gasteiger partial charge < -0.3 is 10.3 Å². The molecule has 108 valence electrons. The highest BCUT2D eigenvalue weighted by Crippen LogP contribution is 2.27. The fourth-order valence-corrected chi connectivity index (χ4v) is 2.83. The number of aryl methyl sites for hydroxylation is 1. The topological polar surface area (TPSA) is 56.7 Å². The predicted molar refractivity (Wildman–Crippen MR) is 85.1 cm³/mol. The van der Waals surface area contributed by atoms with E-state index in [0.717, 1.165) is 29.0 Å². The van der Waals surface area contributed by atoms with Crippen molar-refractivity contribution in [1.29, 1.82) is 0 Å². The third-order valence-corrected chi connectivity index (χ3v) is 3.92. The second kappa shape index (κ2) is 5.66. The second-order valence-electron chi connectivity index (χ2n) is 5.29. The van der Waals surface area contributed by atoms with Crippen molar-refractivity contribution in [2.75, 3.05) is 0 Å². The Bertz CT molecular complexity index is 733. The van der Waals surface area contributed by atoms with Crippen LogP contribution in [0, 0.1) is 6.92 Å². The lowest BCUT2D eigenvalue weighted by molar-refractivity contribution is 0.451. The van der Waals surface area contributed by atoms with Crippen molar-refractivity contribution < 1.29 is 0 Å². The minimum Gasteiger partial charge on any atom is -0.326 e. The Morgan fingerprint density at radius 3 is 2.62 bits per heavy atom. The molecule has 0 amide bonds. The molecule has 21 heavy (non-hydrogen) atoms. The maximum absolute atomic E-state index is 6.41. The molecule has 3 rings (SSSR count). The molecule has 2 atom stereocenters. The number of benzene rings is 1. The van der Waals surface area contributed by atoms with Gasteiger partial charge in [0.15, 0.2) is 0 Å². The second-order valence-corrected chi connectivity index (χ2v) is 5.29. The van der Waals surface area contributed by atoms with Crippen LogP contribution < -0.4 is 5.73 Å². The first-order chi connectivity index (χ1) is 10.2. The highest BCUT2D eigenvalue weighted by atomic mass is 15.1. The number of aromatic nitrogens is 3. The van der Waals surface area contributed by atoms with Gasteiger partial charge in [0.05, 0.1) is 22.8 Å². The lowest BCUT2D eigenvalue weighted by atomic mass is 10.0. The molecule has 0 aliphatic heterocycles.